The molecule has 1 saturated carbocycles. The van der Waals surface area contributed by atoms with Crippen LogP contribution in [-0.4, -0.2) is 37.1 Å². The quantitative estimate of drug-likeness (QED) is 0.313. The number of carbonyl (C=O) groups is 3. The number of hydrogen-bond donors (Lipinski definition) is 1. The molecule has 0 aromatic heterocycles. The molecule has 38 heavy (non-hydrogen) atoms. The van der Waals surface area contributed by atoms with Crippen molar-refractivity contribution in [2.24, 2.45) is 29.6 Å². The number of benzene rings is 2. The normalized spacial score (nSPS) is 23.8. The smallest absolute Gasteiger partial charge is 0.228 e. The van der Waals surface area contributed by atoms with Crippen molar-refractivity contribution in [2.75, 3.05) is 19.4 Å². The van der Waals surface area contributed by atoms with Crippen LogP contribution < -0.4 is 5.32 Å². The lowest BCUT2D eigenvalue weighted by atomic mass is 9.62. The van der Waals surface area contributed by atoms with Crippen molar-refractivity contribution in [3.63, 3.8) is 0 Å². The van der Waals surface area contributed by atoms with E-state index in [2.05, 4.69) is 63.9 Å². The van der Waals surface area contributed by atoms with Crippen molar-refractivity contribution in [3.8, 4) is 11.1 Å². The van der Waals surface area contributed by atoms with E-state index in [1.165, 1.54) is 21.6 Å². The molecule has 1 aliphatic carbocycles. The molecule has 2 aromatic carbocycles. The highest BCUT2D eigenvalue weighted by atomic mass is 16.2. The van der Waals surface area contributed by atoms with E-state index in [-0.39, 0.29) is 17.7 Å². The molecular weight excluding hydrogens is 472 g/mol. The Morgan fingerprint density at radius 2 is 1.76 bits per heavy atom. The molecule has 5 heteroatoms. The lowest BCUT2D eigenvalue weighted by molar-refractivity contribution is -0.144. The van der Waals surface area contributed by atoms with Crippen LogP contribution in [0.15, 0.2) is 43.0 Å². The average molecular weight is 517 g/mol. The minimum Gasteiger partial charge on any atom is -0.349 e. The fraction of sp³-hybridized carbons (Fsp3) is 0.485. The number of rotatable bonds is 8. The van der Waals surface area contributed by atoms with E-state index in [9.17, 15) is 14.4 Å². The van der Waals surface area contributed by atoms with E-state index in [0.717, 1.165) is 35.1 Å². The van der Waals surface area contributed by atoms with Crippen molar-refractivity contribution >= 4 is 23.8 Å². The van der Waals surface area contributed by atoms with Crippen LogP contribution in [0.5, 0.6) is 0 Å². The number of nitrogens with one attached hydrogen (secondary N) is 1. The van der Waals surface area contributed by atoms with Gasteiger partial charge in [0.1, 0.15) is 6.29 Å². The van der Waals surface area contributed by atoms with E-state index in [4.69, 9.17) is 0 Å². The zero-order chi connectivity index (χ0) is 28.3. The minimum atomic E-state index is -0.584. The van der Waals surface area contributed by atoms with Crippen LogP contribution in [0.3, 0.4) is 0 Å². The number of nitrogens with zero attached hydrogens (tertiary/aromatic N) is 1. The maximum absolute atomic E-state index is 13.7. The van der Waals surface area contributed by atoms with E-state index in [1.807, 2.05) is 19.9 Å². The maximum Gasteiger partial charge on any atom is 0.228 e. The number of aryl methyl sites for hydroxylation is 3. The highest BCUT2D eigenvalue weighted by Gasteiger charge is 2.48. The second-order valence-electron chi connectivity index (χ2n) is 11.5. The molecule has 0 spiro atoms. The molecule has 0 saturated heterocycles. The van der Waals surface area contributed by atoms with Gasteiger partial charge in [-0.15, -0.1) is 6.58 Å². The molecule has 204 valence electrons. The van der Waals surface area contributed by atoms with Crippen molar-refractivity contribution in [2.45, 2.75) is 60.3 Å². The molecule has 2 aromatic rings. The molecule has 0 bridgehead atoms. The second kappa shape index (κ2) is 12.1. The lowest BCUT2D eigenvalue weighted by Crippen LogP contribution is -2.50. The summed E-state index contributed by atoms with van der Waals surface area (Å²) in [7, 11) is 3.37. The first-order chi connectivity index (χ1) is 17.9. The van der Waals surface area contributed by atoms with Crippen molar-refractivity contribution in [3.05, 3.63) is 65.2 Å². The third-order valence-corrected chi connectivity index (χ3v) is 8.58. The summed E-state index contributed by atoms with van der Waals surface area (Å²) in [6, 6.07) is 10.9. The first kappa shape index (κ1) is 29.3. The van der Waals surface area contributed by atoms with Gasteiger partial charge < -0.3 is 15.0 Å². The largest absolute Gasteiger partial charge is 0.349 e. The molecule has 6 unspecified atom stereocenters. The van der Waals surface area contributed by atoms with E-state index in [1.54, 1.807) is 20.2 Å². The molecule has 1 fully saturated rings. The summed E-state index contributed by atoms with van der Waals surface area (Å²) in [6.07, 6.45) is 4.17. The monoisotopic (exact) mass is 516 g/mol. The summed E-state index contributed by atoms with van der Waals surface area (Å²) in [5, 5.41) is 3.16. The summed E-state index contributed by atoms with van der Waals surface area (Å²) in [5.41, 5.74) is 7.84. The van der Waals surface area contributed by atoms with Gasteiger partial charge in [0.2, 0.25) is 11.8 Å². The second-order valence-corrected chi connectivity index (χ2v) is 11.5. The fourth-order valence-electron chi connectivity index (χ4n) is 6.22. The molecule has 1 N–H and O–H groups in total. The van der Waals surface area contributed by atoms with Crippen LogP contribution in [-0.2, 0) is 14.4 Å². The average Bonchev–Trinajstić information content (AvgIpc) is 2.88. The Morgan fingerprint density at radius 3 is 2.32 bits per heavy atom. The number of amides is 2. The number of allylic oxidation sites excluding steroid dienone is 1. The zero-order valence-electron chi connectivity index (χ0n) is 24.3. The predicted molar refractivity (Wildman–Crippen MR) is 156 cm³/mol. The number of carbonyl (C=O) groups excluding carboxylic acids is 3. The van der Waals surface area contributed by atoms with Crippen molar-refractivity contribution in [1.82, 2.24) is 4.90 Å². The summed E-state index contributed by atoms with van der Waals surface area (Å²) < 4.78 is 0. The van der Waals surface area contributed by atoms with Gasteiger partial charge in [-0.25, -0.2) is 0 Å². The Bertz CT molecular complexity index is 1210. The minimum absolute atomic E-state index is 0.0629. The molecule has 0 heterocycles. The van der Waals surface area contributed by atoms with Crippen molar-refractivity contribution in [1.29, 1.82) is 0 Å². The SMILES string of the molecule is C=CC1C(C(=O)Nc2cc(C)c(-c3ccc(C(C)CC)c(C)c3)cc2C)C(C)CC(C=O)C1C(=O)N(C)C. The van der Waals surface area contributed by atoms with Gasteiger partial charge in [0.05, 0.1) is 5.92 Å². The summed E-state index contributed by atoms with van der Waals surface area (Å²) >= 11 is 0. The first-order valence-corrected chi connectivity index (χ1v) is 13.8. The molecule has 6 atom stereocenters. The lowest BCUT2D eigenvalue weighted by Gasteiger charge is -2.42. The Kier molecular flexibility index (Phi) is 9.35. The summed E-state index contributed by atoms with van der Waals surface area (Å²) in [6.45, 7) is 16.7. The van der Waals surface area contributed by atoms with Crippen LogP contribution in [0.25, 0.3) is 11.1 Å². The first-order valence-electron chi connectivity index (χ1n) is 13.8. The number of anilines is 1. The molecule has 2 amide bonds. The Hall–Kier alpha value is -3.21. The van der Waals surface area contributed by atoms with Crippen LogP contribution in [0.1, 0.15) is 61.8 Å². The van der Waals surface area contributed by atoms with Crippen molar-refractivity contribution < 1.29 is 14.4 Å². The van der Waals surface area contributed by atoms with E-state index in [0.29, 0.717) is 12.3 Å². The Labute approximate surface area is 228 Å². The molecule has 0 aliphatic heterocycles. The standard InChI is InChI=1S/C33H44N2O3/c1-10-19(3)27-13-12-24(14-20(27)4)28-16-22(6)29(17-21(28)5)34-32(37)30-23(7)15-25(18-36)31(26(30)11-2)33(38)35(8)9/h11-14,16-19,23,25-26,30-31H,2,10,15H2,1,3-9H3,(H,34,37). The highest BCUT2D eigenvalue weighted by molar-refractivity contribution is 5.95. The van der Waals surface area contributed by atoms with Gasteiger partial charge in [0.25, 0.3) is 0 Å². The molecule has 3 rings (SSSR count). The van der Waals surface area contributed by atoms with Gasteiger partial charge >= 0.3 is 0 Å². The van der Waals surface area contributed by atoms with Crippen LogP contribution >= 0.6 is 0 Å². The zero-order valence-corrected chi connectivity index (χ0v) is 24.3. The van der Waals surface area contributed by atoms with E-state index >= 15 is 0 Å². The molecule has 0 radical (unpaired) electrons. The molecule has 5 nitrogen and oxygen atoms in total. The third-order valence-electron chi connectivity index (χ3n) is 8.58. The van der Waals surface area contributed by atoms with Gasteiger partial charge in [-0.05, 0) is 91.0 Å². The van der Waals surface area contributed by atoms with Gasteiger partial charge in [-0.3, -0.25) is 9.59 Å². The third kappa shape index (κ3) is 5.77. The highest BCUT2D eigenvalue weighted by Crippen LogP contribution is 2.44. The fourth-order valence-corrected chi connectivity index (χ4v) is 6.22. The van der Waals surface area contributed by atoms with Crippen LogP contribution in [0, 0.1) is 50.4 Å². The number of hydrogen-bond acceptors (Lipinski definition) is 3. The predicted octanol–water partition coefficient (Wildman–Crippen LogP) is 6.71. The molecular formula is C33H44N2O3. The van der Waals surface area contributed by atoms with Gasteiger partial charge in [0.15, 0.2) is 0 Å². The van der Waals surface area contributed by atoms with Gasteiger partial charge in [-0.2, -0.15) is 0 Å². The van der Waals surface area contributed by atoms with E-state index < -0.39 is 23.7 Å². The van der Waals surface area contributed by atoms with Gasteiger partial charge in [0, 0.05) is 37.5 Å². The Balaban J connectivity index is 1.91. The molecule has 1 aliphatic rings. The maximum atomic E-state index is 13.7. The summed E-state index contributed by atoms with van der Waals surface area (Å²) in [4.78, 5) is 40.1. The Morgan fingerprint density at radius 1 is 1.08 bits per heavy atom. The topological polar surface area (TPSA) is 66.5 Å². The van der Waals surface area contributed by atoms with Crippen LogP contribution in [0.2, 0.25) is 0 Å². The van der Waals surface area contributed by atoms with Crippen LogP contribution in [0.4, 0.5) is 5.69 Å². The summed E-state index contributed by atoms with van der Waals surface area (Å²) in [5.74, 6) is -1.68. The number of aldehydes is 1. The van der Waals surface area contributed by atoms with Gasteiger partial charge in [-0.1, -0.05) is 45.0 Å².